The average molecular weight is 381 g/mol. The summed E-state index contributed by atoms with van der Waals surface area (Å²) in [5.41, 5.74) is 2.77. The van der Waals surface area contributed by atoms with Crippen LogP contribution in [0.25, 0.3) is 21.9 Å². The second-order valence-corrected chi connectivity index (χ2v) is 7.44. The molecule has 0 fully saturated rings. The lowest BCUT2D eigenvalue weighted by atomic mass is 9.98. The smallest absolute Gasteiger partial charge is 0.259 e. The van der Waals surface area contributed by atoms with Gasteiger partial charge in [-0.2, -0.15) is 0 Å². The molecule has 0 amide bonds. The summed E-state index contributed by atoms with van der Waals surface area (Å²) >= 11 is 0. The molecule has 0 saturated carbocycles. The Morgan fingerprint density at radius 3 is 2.54 bits per heavy atom. The van der Waals surface area contributed by atoms with Gasteiger partial charge in [-0.1, -0.05) is 0 Å². The maximum absolute atomic E-state index is 12.5. The van der Waals surface area contributed by atoms with E-state index in [1.807, 2.05) is 52.3 Å². The number of methoxy groups -OCH3 is 1. The first-order valence-corrected chi connectivity index (χ1v) is 9.27. The maximum atomic E-state index is 12.5. The number of benzene rings is 1. The van der Waals surface area contributed by atoms with Crippen molar-refractivity contribution < 1.29 is 9.47 Å². The Labute approximate surface area is 165 Å². The third-order valence-corrected chi connectivity index (χ3v) is 4.51. The van der Waals surface area contributed by atoms with Crippen molar-refractivity contribution >= 4 is 10.8 Å². The summed E-state index contributed by atoms with van der Waals surface area (Å²) < 4.78 is 13.4. The van der Waals surface area contributed by atoms with Crippen LogP contribution in [-0.2, 0) is 13.6 Å². The Morgan fingerprint density at radius 2 is 1.89 bits per heavy atom. The van der Waals surface area contributed by atoms with Gasteiger partial charge in [-0.25, -0.2) is 0 Å². The van der Waals surface area contributed by atoms with E-state index in [2.05, 4.69) is 9.88 Å². The fourth-order valence-electron chi connectivity index (χ4n) is 3.34. The van der Waals surface area contributed by atoms with Gasteiger partial charge in [0, 0.05) is 48.9 Å². The van der Waals surface area contributed by atoms with E-state index >= 15 is 0 Å². The molecule has 0 aliphatic carbocycles. The lowest BCUT2D eigenvalue weighted by molar-refractivity contribution is 0.242. The van der Waals surface area contributed by atoms with E-state index in [0.29, 0.717) is 5.39 Å². The number of ether oxygens (including phenoxy) is 2. The standard InChI is InChI=1S/C22H27N3O3/c1-14(2)28-21-9-15(12-24(3)4)20(27-6)10-17(21)19-13-25(5)22(26)18-11-23-8-7-16(18)19/h7-11,13-14H,12H2,1-6H3. The molecule has 3 rings (SSSR count). The first-order valence-electron chi connectivity index (χ1n) is 9.27. The normalized spacial score (nSPS) is 11.4. The molecule has 6 nitrogen and oxygen atoms in total. The molecule has 0 aliphatic heterocycles. The monoisotopic (exact) mass is 381 g/mol. The fraction of sp³-hybridized carbons (Fsp3) is 0.364. The highest BCUT2D eigenvalue weighted by molar-refractivity contribution is 5.97. The van der Waals surface area contributed by atoms with Gasteiger partial charge < -0.3 is 18.9 Å². The summed E-state index contributed by atoms with van der Waals surface area (Å²) in [6.45, 7) is 4.74. The van der Waals surface area contributed by atoms with Crippen molar-refractivity contribution in [3.8, 4) is 22.6 Å². The molecule has 3 aromatic rings. The Kier molecular flexibility index (Phi) is 5.70. The molecule has 0 N–H and O–H groups in total. The molecule has 6 heteroatoms. The Morgan fingerprint density at radius 1 is 1.14 bits per heavy atom. The van der Waals surface area contributed by atoms with Crippen LogP contribution in [0.1, 0.15) is 19.4 Å². The van der Waals surface area contributed by atoms with Gasteiger partial charge in [0.15, 0.2) is 0 Å². The molecule has 0 bridgehead atoms. The van der Waals surface area contributed by atoms with E-state index in [9.17, 15) is 4.79 Å². The highest BCUT2D eigenvalue weighted by atomic mass is 16.5. The Balaban J connectivity index is 2.33. The van der Waals surface area contributed by atoms with Crippen molar-refractivity contribution in [2.24, 2.45) is 7.05 Å². The third-order valence-electron chi connectivity index (χ3n) is 4.51. The SMILES string of the molecule is COc1cc(-c2cn(C)c(=O)c3cnccc23)c(OC(C)C)cc1CN(C)C. The van der Waals surface area contributed by atoms with Crippen molar-refractivity contribution in [1.29, 1.82) is 0 Å². The fourth-order valence-corrected chi connectivity index (χ4v) is 3.34. The number of aryl methyl sites for hydroxylation is 1. The second kappa shape index (κ2) is 8.02. The van der Waals surface area contributed by atoms with E-state index < -0.39 is 0 Å². The quantitative estimate of drug-likeness (QED) is 0.655. The summed E-state index contributed by atoms with van der Waals surface area (Å²) in [5, 5.41) is 1.42. The number of hydrogen-bond acceptors (Lipinski definition) is 5. The van der Waals surface area contributed by atoms with Crippen LogP contribution in [0.15, 0.2) is 41.6 Å². The first-order chi connectivity index (χ1) is 13.3. The number of rotatable bonds is 6. The zero-order valence-electron chi connectivity index (χ0n) is 17.3. The van der Waals surface area contributed by atoms with E-state index in [0.717, 1.165) is 40.1 Å². The molecule has 0 aliphatic rings. The number of fused-ring (bicyclic) bond motifs is 1. The van der Waals surface area contributed by atoms with E-state index in [1.54, 1.807) is 31.1 Å². The molecule has 2 aromatic heterocycles. The topological polar surface area (TPSA) is 56.6 Å². The van der Waals surface area contributed by atoms with Gasteiger partial charge >= 0.3 is 0 Å². The van der Waals surface area contributed by atoms with Gasteiger partial charge in [0.1, 0.15) is 11.5 Å². The van der Waals surface area contributed by atoms with Gasteiger partial charge in [-0.05, 0) is 51.5 Å². The molecule has 0 radical (unpaired) electrons. The van der Waals surface area contributed by atoms with Crippen LogP contribution in [0.4, 0.5) is 0 Å². The Bertz CT molecular complexity index is 1050. The highest BCUT2D eigenvalue weighted by Gasteiger charge is 2.18. The zero-order valence-corrected chi connectivity index (χ0v) is 17.3. The van der Waals surface area contributed by atoms with Crippen LogP contribution in [0.2, 0.25) is 0 Å². The molecule has 2 heterocycles. The molecule has 0 atom stereocenters. The van der Waals surface area contributed by atoms with E-state index in [4.69, 9.17) is 9.47 Å². The van der Waals surface area contributed by atoms with Crippen LogP contribution in [-0.4, -0.2) is 41.8 Å². The van der Waals surface area contributed by atoms with Gasteiger partial charge in [-0.3, -0.25) is 9.78 Å². The predicted octanol–water partition coefficient (Wildman–Crippen LogP) is 3.46. The molecular weight excluding hydrogens is 354 g/mol. The summed E-state index contributed by atoms with van der Waals surface area (Å²) in [6, 6.07) is 5.90. The van der Waals surface area contributed by atoms with Crippen LogP contribution >= 0.6 is 0 Å². The van der Waals surface area contributed by atoms with Crippen LogP contribution < -0.4 is 15.0 Å². The first kappa shape index (κ1) is 19.9. The summed E-state index contributed by atoms with van der Waals surface area (Å²) in [6.07, 6.45) is 5.17. The maximum Gasteiger partial charge on any atom is 0.259 e. The average Bonchev–Trinajstić information content (AvgIpc) is 2.64. The molecule has 0 spiro atoms. The second-order valence-electron chi connectivity index (χ2n) is 7.44. The van der Waals surface area contributed by atoms with Crippen LogP contribution in [0, 0.1) is 0 Å². The minimum Gasteiger partial charge on any atom is -0.496 e. The molecule has 0 saturated heterocycles. The largest absolute Gasteiger partial charge is 0.496 e. The number of hydrogen-bond donors (Lipinski definition) is 0. The van der Waals surface area contributed by atoms with E-state index in [1.165, 1.54) is 0 Å². The summed E-state index contributed by atoms with van der Waals surface area (Å²) in [4.78, 5) is 18.7. The number of pyridine rings is 2. The number of nitrogens with zero attached hydrogens (tertiary/aromatic N) is 3. The van der Waals surface area contributed by atoms with Gasteiger partial charge in [0.2, 0.25) is 0 Å². The summed E-state index contributed by atoms with van der Waals surface area (Å²) in [5.74, 6) is 1.56. The van der Waals surface area contributed by atoms with Crippen molar-refractivity contribution in [1.82, 2.24) is 14.5 Å². The molecule has 148 valence electrons. The summed E-state index contributed by atoms with van der Waals surface area (Å²) in [7, 11) is 7.45. The van der Waals surface area contributed by atoms with Crippen molar-refractivity contribution in [2.75, 3.05) is 21.2 Å². The van der Waals surface area contributed by atoms with Crippen molar-refractivity contribution in [2.45, 2.75) is 26.5 Å². The number of aromatic nitrogens is 2. The van der Waals surface area contributed by atoms with E-state index in [-0.39, 0.29) is 11.7 Å². The predicted molar refractivity (Wildman–Crippen MR) is 112 cm³/mol. The Hall–Kier alpha value is -2.86. The van der Waals surface area contributed by atoms with Crippen molar-refractivity contribution in [3.63, 3.8) is 0 Å². The highest BCUT2D eigenvalue weighted by Crippen LogP contribution is 2.39. The van der Waals surface area contributed by atoms with Gasteiger partial charge in [-0.15, -0.1) is 0 Å². The molecule has 28 heavy (non-hydrogen) atoms. The van der Waals surface area contributed by atoms with Crippen LogP contribution in [0.5, 0.6) is 11.5 Å². The molecular formula is C22H27N3O3. The minimum atomic E-state index is -0.0747. The van der Waals surface area contributed by atoms with Crippen LogP contribution in [0.3, 0.4) is 0 Å². The lowest BCUT2D eigenvalue weighted by Crippen LogP contribution is -2.17. The zero-order chi connectivity index (χ0) is 20.4. The molecule has 1 aromatic carbocycles. The minimum absolute atomic E-state index is 0.0137. The van der Waals surface area contributed by atoms with Gasteiger partial charge in [0.25, 0.3) is 5.56 Å². The molecule has 0 unspecified atom stereocenters. The lowest BCUT2D eigenvalue weighted by Gasteiger charge is -2.21. The third kappa shape index (κ3) is 3.87. The van der Waals surface area contributed by atoms with Crippen molar-refractivity contribution in [3.05, 3.63) is 52.7 Å². The van der Waals surface area contributed by atoms with Gasteiger partial charge in [0.05, 0.1) is 18.6 Å².